The summed E-state index contributed by atoms with van der Waals surface area (Å²) in [5.74, 6) is 0.0230. The molecular formula is C20H18F3N3O3. The zero-order valence-corrected chi connectivity index (χ0v) is 15.4. The largest absolute Gasteiger partial charge is 0.496 e. The van der Waals surface area contributed by atoms with E-state index in [1.807, 2.05) is 0 Å². The van der Waals surface area contributed by atoms with Crippen molar-refractivity contribution in [2.45, 2.75) is 31.2 Å². The van der Waals surface area contributed by atoms with Gasteiger partial charge in [-0.3, -0.25) is 4.57 Å². The zero-order chi connectivity index (χ0) is 20.8. The summed E-state index contributed by atoms with van der Waals surface area (Å²) in [6, 6.07) is 9.77. The molecule has 6 nitrogen and oxygen atoms in total. The van der Waals surface area contributed by atoms with E-state index >= 15 is 0 Å². The molecule has 1 aliphatic carbocycles. The van der Waals surface area contributed by atoms with Crippen LogP contribution in [0.4, 0.5) is 19.0 Å². The van der Waals surface area contributed by atoms with Crippen molar-refractivity contribution in [1.29, 1.82) is 0 Å². The van der Waals surface area contributed by atoms with Crippen LogP contribution in [0.5, 0.6) is 5.75 Å². The molecule has 2 aromatic carbocycles. The van der Waals surface area contributed by atoms with Gasteiger partial charge in [0.15, 0.2) is 0 Å². The number of aromatic nitrogens is 2. The van der Waals surface area contributed by atoms with E-state index in [2.05, 4.69) is 10.3 Å². The molecule has 0 saturated heterocycles. The number of hydrogen-bond acceptors (Lipinski definition) is 5. The lowest BCUT2D eigenvalue weighted by Crippen LogP contribution is -2.43. The van der Waals surface area contributed by atoms with Gasteiger partial charge in [-0.2, -0.15) is 18.2 Å². The second kappa shape index (κ2) is 7.07. The van der Waals surface area contributed by atoms with E-state index in [-0.39, 0.29) is 28.5 Å². The Morgan fingerprint density at radius 1 is 1.21 bits per heavy atom. The smallest absolute Gasteiger partial charge is 0.416 e. The number of aliphatic hydroxyl groups excluding tert-OH is 1. The molecule has 0 amide bonds. The van der Waals surface area contributed by atoms with Crippen LogP contribution >= 0.6 is 0 Å². The van der Waals surface area contributed by atoms with Gasteiger partial charge in [-0.05, 0) is 37.1 Å². The van der Waals surface area contributed by atoms with Gasteiger partial charge in [0.1, 0.15) is 11.6 Å². The maximum atomic E-state index is 13.5. The van der Waals surface area contributed by atoms with Crippen molar-refractivity contribution >= 4 is 16.7 Å². The topological polar surface area (TPSA) is 76.4 Å². The molecule has 1 aliphatic rings. The van der Waals surface area contributed by atoms with Crippen molar-refractivity contribution in [3.05, 3.63) is 58.5 Å². The first kappa shape index (κ1) is 19.3. The molecule has 1 saturated carbocycles. The van der Waals surface area contributed by atoms with Crippen molar-refractivity contribution in [3.8, 4) is 11.4 Å². The summed E-state index contributed by atoms with van der Waals surface area (Å²) in [7, 11) is 1.26. The van der Waals surface area contributed by atoms with Crippen LogP contribution in [0.3, 0.4) is 0 Å². The molecule has 1 heterocycles. The number of aliphatic hydroxyl groups is 1. The molecule has 152 valence electrons. The van der Waals surface area contributed by atoms with Gasteiger partial charge in [-0.15, -0.1) is 0 Å². The Morgan fingerprint density at radius 3 is 2.48 bits per heavy atom. The van der Waals surface area contributed by atoms with Crippen molar-refractivity contribution in [1.82, 2.24) is 9.55 Å². The summed E-state index contributed by atoms with van der Waals surface area (Å²) < 4.78 is 46.8. The fourth-order valence-electron chi connectivity index (χ4n) is 3.40. The number of halogens is 3. The van der Waals surface area contributed by atoms with Crippen molar-refractivity contribution < 1.29 is 23.0 Å². The second-order valence-electron chi connectivity index (χ2n) is 6.88. The fourth-order valence-corrected chi connectivity index (χ4v) is 3.40. The summed E-state index contributed by atoms with van der Waals surface area (Å²) in [5.41, 5.74) is -1.28. The van der Waals surface area contributed by atoms with Crippen LogP contribution in [-0.2, 0) is 6.18 Å². The van der Waals surface area contributed by atoms with Gasteiger partial charge in [0.05, 0.1) is 41.4 Å². The number of para-hydroxylation sites is 1. The molecule has 3 aromatic rings. The van der Waals surface area contributed by atoms with Gasteiger partial charge < -0.3 is 15.2 Å². The highest BCUT2D eigenvalue weighted by atomic mass is 19.4. The number of fused-ring (bicyclic) bond motifs is 1. The lowest BCUT2D eigenvalue weighted by atomic mass is 9.89. The predicted octanol–water partition coefficient (Wildman–Crippen LogP) is 3.35. The highest BCUT2D eigenvalue weighted by Crippen LogP contribution is 2.39. The molecule has 1 fully saturated rings. The average molecular weight is 405 g/mol. The van der Waals surface area contributed by atoms with Crippen molar-refractivity contribution in [3.63, 3.8) is 0 Å². The quantitative estimate of drug-likeness (QED) is 0.696. The van der Waals surface area contributed by atoms with Crippen LogP contribution in [0.1, 0.15) is 18.4 Å². The van der Waals surface area contributed by atoms with Gasteiger partial charge >= 0.3 is 11.9 Å². The minimum atomic E-state index is -4.62. The Morgan fingerprint density at radius 2 is 1.93 bits per heavy atom. The first-order valence-electron chi connectivity index (χ1n) is 9.01. The van der Waals surface area contributed by atoms with E-state index in [0.29, 0.717) is 18.5 Å². The van der Waals surface area contributed by atoms with Gasteiger partial charge in [0.25, 0.3) is 0 Å². The fraction of sp³-hybridized carbons (Fsp3) is 0.300. The zero-order valence-electron chi connectivity index (χ0n) is 15.4. The SMILES string of the molecule is COc1cc(C(F)(F)F)cc2c1c(N[C@H]1CC[C@@H]1O)nc(=O)n2-c1ccccc1. The van der Waals surface area contributed by atoms with Gasteiger partial charge in [-0.25, -0.2) is 4.79 Å². The summed E-state index contributed by atoms with van der Waals surface area (Å²) in [5, 5.41) is 13.1. The number of rotatable bonds is 4. The molecule has 0 aliphatic heterocycles. The Hall–Kier alpha value is -3.07. The minimum absolute atomic E-state index is 0.0131. The van der Waals surface area contributed by atoms with Crippen LogP contribution in [0, 0.1) is 0 Å². The van der Waals surface area contributed by atoms with E-state index in [9.17, 15) is 23.1 Å². The second-order valence-corrected chi connectivity index (χ2v) is 6.88. The van der Waals surface area contributed by atoms with Gasteiger partial charge in [0.2, 0.25) is 0 Å². The van der Waals surface area contributed by atoms with Gasteiger partial charge in [-0.1, -0.05) is 18.2 Å². The van der Waals surface area contributed by atoms with Gasteiger partial charge in [0, 0.05) is 0 Å². The average Bonchev–Trinajstić information content (AvgIpc) is 2.69. The number of nitrogens with zero attached hydrogens (tertiary/aromatic N) is 2. The molecule has 4 rings (SSSR count). The molecule has 2 atom stereocenters. The monoisotopic (exact) mass is 405 g/mol. The molecular weight excluding hydrogens is 387 g/mol. The Labute approximate surface area is 163 Å². The number of ether oxygens (including phenoxy) is 1. The summed E-state index contributed by atoms with van der Waals surface area (Å²) in [6.07, 6.45) is -3.97. The Bertz CT molecular complexity index is 1110. The van der Waals surface area contributed by atoms with Crippen LogP contribution in [0.25, 0.3) is 16.6 Å². The number of nitrogens with one attached hydrogen (secondary N) is 1. The number of hydrogen-bond donors (Lipinski definition) is 2. The first-order chi connectivity index (χ1) is 13.8. The summed E-state index contributed by atoms with van der Waals surface area (Å²) in [6.45, 7) is 0. The minimum Gasteiger partial charge on any atom is -0.496 e. The molecule has 2 N–H and O–H groups in total. The molecule has 0 radical (unpaired) electrons. The van der Waals surface area contributed by atoms with Crippen LogP contribution in [0.2, 0.25) is 0 Å². The van der Waals surface area contributed by atoms with E-state index in [4.69, 9.17) is 4.74 Å². The Kier molecular flexibility index (Phi) is 4.70. The molecule has 0 unspecified atom stereocenters. The van der Waals surface area contributed by atoms with E-state index < -0.39 is 23.5 Å². The predicted molar refractivity (Wildman–Crippen MR) is 102 cm³/mol. The summed E-state index contributed by atoms with van der Waals surface area (Å²) in [4.78, 5) is 16.9. The highest BCUT2D eigenvalue weighted by molar-refractivity contribution is 5.96. The third-order valence-corrected chi connectivity index (χ3v) is 5.08. The molecule has 1 aromatic heterocycles. The third-order valence-electron chi connectivity index (χ3n) is 5.08. The van der Waals surface area contributed by atoms with Crippen LogP contribution in [-0.4, -0.2) is 33.9 Å². The molecule has 0 bridgehead atoms. The third kappa shape index (κ3) is 3.42. The van der Waals surface area contributed by atoms with E-state index in [0.717, 1.165) is 16.7 Å². The molecule has 9 heteroatoms. The van der Waals surface area contributed by atoms with Crippen LogP contribution < -0.4 is 15.7 Å². The lowest BCUT2D eigenvalue weighted by molar-refractivity contribution is -0.137. The first-order valence-corrected chi connectivity index (χ1v) is 9.01. The highest BCUT2D eigenvalue weighted by Gasteiger charge is 2.34. The maximum Gasteiger partial charge on any atom is 0.416 e. The molecule has 0 spiro atoms. The normalized spacial score (nSPS) is 19.1. The molecule has 29 heavy (non-hydrogen) atoms. The van der Waals surface area contributed by atoms with Crippen molar-refractivity contribution in [2.75, 3.05) is 12.4 Å². The van der Waals surface area contributed by atoms with Crippen molar-refractivity contribution in [2.24, 2.45) is 0 Å². The standard InChI is InChI=1S/C20H18F3N3O3/c1-29-16-10-11(20(21,22)23)9-14-17(16)18(24-13-7-8-15(13)27)25-19(28)26(14)12-5-3-2-4-6-12/h2-6,9-10,13,15,27H,7-8H2,1H3,(H,24,25,28)/t13-,15-/m0/s1. The lowest BCUT2D eigenvalue weighted by Gasteiger charge is -2.33. The Balaban J connectivity index is 2.05. The number of alkyl halides is 3. The number of benzene rings is 2. The number of methoxy groups -OCH3 is 1. The number of anilines is 1. The van der Waals surface area contributed by atoms with E-state index in [1.165, 1.54) is 7.11 Å². The summed E-state index contributed by atoms with van der Waals surface area (Å²) >= 11 is 0. The maximum absolute atomic E-state index is 13.5. The van der Waals surface area contributed by atoms with Crippen LogP contribution in [0.15, 0.2) is 47.3 Å². The van der Waals surface area contributed by atoms with E-state index in [1.54, 1.807) is 30.3 Å².